The molecule has 0 saturated carbocycles. The van der Waals surface area contributed by atoms with Crippen molar-refractivity contribution < 1.29 is 17.5 Å². The third kappa shape index (κ3) is 5.52. The summed E-state index contributed by atoms with van der Waals surface area (Å²) >= 11 is 5.85. The Morgan fingerprint density at radius 1 is 1.03 bits per heavy atom. The zero-order valence-electron chi connectivity index (χ0n) is 17.9. The minimum absolute atomic E-state index is 0.0989. The second kappa shape index (κ2) is 9.91. The number of nitrogens with zero attached hydrogens (tertiary/aromatic N) is 2. The van der Waals surface area contributed by atoms with E-state index in [1.165, 1.54) is 43.4 Å². The van der Waals surface area contributed by atoms with Crippen LogP contribution in [0, 0.1) is 5.82 Å². The van der Waals surface area contributed by atoms with Crippen LogP contribution < -0.4 is 4.72 Å². The predicted molar refractivity (Wildman–Crippen MR) is 126 cm³/mol. The van der Waals surface area contributed by atoms with Crippen molar-refractivity contribution in [2.45, 2.75) is 17.1 Å². The van der Waals surface area contributed by atoms with Crippen LogP contribution in [0.2, 0.25) is 5.02 Å². The molecule has 33 heavy (non-hydrogen) atoms. The molecule has 0 spiro atoms. The maximum atomic E-state index is 13.4. The second-order valence-corrected chi connectivity index (χ2v) is 9.73. The van der Waals surface area contributed by atoms with Gasteiger partial charge in [0.25, 0.3) is 10.0 Å². The number of guanidine groups is 1. The van der Waals surface area contributed by atoms with E-state index < -0.39 is 10.0 Å². The number of halogens is 2. The van der Waals surface area contributed by atoms with Crippen LogP contribution in [0.4, 0.5) is 4.39 Å². The fourth-order valence-corrected chi connectivity index (χ4v) is 4.75. The van der Waals surface area contributed by atoms with E-state index in [0.29, 0.717) is 18.1 Å². The lowest BCUT2D eigenvalue weighted by atomic mass is 10.0. The van der Waals surface area contributed by atoms with Gasteiger partial charge < -0.3 is 9.64 Å². The van der Waals surface area contributed by atoms with Crippen molar-refractivity contribution in [2.75, 3.05) is 20.1 Å². The van der Waals surface area contributed by atoms with Crippen molar-refractivity contribution in [1.82, 2.24) is 9.62 Å². The Morgan fingerprint density at radius 3 is 2.24 bits per heavy atom. The summed E-state index contributed by atoms with van der Waals surface area (Å²) in [5, 5.41) is 0.454. The van der Waals surface area contributed by atoms with Crippen molar-refractivity contribution in [3.63, 3.8) is 0 Å². The van der Waals surface area contributed by atoms with E-state index in [2.05, 4.69) is 9.71 Å². The van der Waals surface area contributed by atoms with E-state index in [1.807, 2.05) is 30.3 Å². The summed E-state index contributed by atoms with van der Waals surface area (Å²) in [6.45, 7) is 0.917. The smallest absolute Gasteiger partial charge is 0.264 e. The standard InChI is InChI=1S/C24H23ClFN3O3S/c1-27-24(28-33(30,31)22-13-9-19(25)10-14-22)29-15-21(16-29)32-23(17-5-3-2-4-6-17)18-7-11-20(26)12-8-18/h2-14,21,23H,15-16H2,1H3,(H,27,28). The van der Waals surface area contributed by atoms with Gasteiger partial charge in [-0.2, -0.15) is 0 Å². The molecule has 1 aliphatic heterocycles. The van der Waals surface area contributed by atoms with Crippen molar-refractivity contribution in [2.24, 2.45) is 4.99 Å². The highest BCUT2D eigenvalue weighted by Gasteiger charge is 2.34. The number of hydrogen-bond donors (Lipinski definition) is 1. The molecular formula is C24H23ClFN3O3S. The second-order valence-electron chi connectivity index (χ2n) is 7.61. The van der Waals surface area contributed by atoms with Crippen LogP contribution in [-0.4, -0.2) is 45.5 Å². The molecule has 9 heteroatoms. The highest BCUT2D eigenvalue weighted by atomic mass is 35.5. The number of sulfonamides is 1. The summed E-state index contributed by atoms with van der Waals surface area (Å²) in [7, 11) is -2.27. The van der Waals surface area contributed by atoms with Crippen LogP contribution in [0.15, 0.2) is 88.8 Å². The first-order valence-corrected chi connectivity index (χ1v) is 12.2. The lowest BCUT2D eigenvalue weighted by Crippen LogP contribution is -2.59. The fourth-order valence-electron chi connectivity index (χ4n) is 3.55. The molecule has 4 rings (SSSR count). The van der Waals surface area contributed by atoms with Crippen LogP contribution in [-0.2, 0) is 14.8 Å². The number of nitrogens with one attached hydrogen (secondary N) is 1. The Labute approximate surface area is 197 Å². The summed E-state index contributed by atoms with van der Waals surface area (Å²) in [6.07, 6.45) is -0.524. The zero-order valence-corrected chi connectivity index (χ0v) is 19.4. The molecule has 1 saturated heterocycles. The summed E-state index contributed by atoms with van der Waals surface area (Å²) in [4.78, 5) is 6.00. The van der Waals surface area contributed by atoms with Gasteiger partial charge in [-0.15, -0.1) is 0 Å². The molecule has 0 aromatic heterocycles. The molecule has 0 bridgehead atoms. The number of hydrogen-bond acceptors (Lipinski definition) is 4. The molecule has 1 fully saturated rings. The number of ether oxygens (including phenoxy) is 1. The van der Waals surface area contributed by atoms with E-state index in [4.69, 9.17) is 16.3 Å². The molecule has 3 aromatic rings. The quantitative estimate of drug-likeness (QED) is 0.417. The fraction of sp³-hybridized carbons (Fsp3) is 0.208. The average Bonchev–Trinajstić information content (AvgIpc) is 2.79. The Hall–Kier alpha value is -2.94. The Kier molecular flexibility index (Phi) is 6.97. The van der Waals surface area contributed by atoms with Crippen LogP contribution in [0.5, 0.6) is 0 Å². The molecule has 0 radical (unpaired) electrons. The zero-order chi connectivity index (χ0) is 23.4. The van der Waals surface area contributed by atoms with Gasteiger partial charge in [-0.3, -0.25) is 4.99 Å². The van der Waals surface area contributed by atoms with Crippen molar-refractivity contribution in [3.05, 3.63) is 101 Å². The molecule has 1 heterocycles. The molecule has 172 valence electrons. The first-order chi connectivity index (χ1) is 15.9. The lowest BCUT2D eigenvalue weighted by Gasteiger charge is -2.42. The molecule has 1 atom stereocenters. The van der Waals surface area contributed by atoms with Gasteiger partial charge in [0.15, 0.2) is 0 Å². The summed E-state index contributed by atoms with van der Waals surface area (Å²) < 4.78 is 47.7. The van der Waals surface area contributed by atoms with Gasteiger partial charge in [0.1, 0.15) is 11.9 Å². The van der Waals surface area contributed by atoms with E-state index >= 15 is 0 Å². The van der Waals surface area contributed by atoms with Crippen LogP contribution in [0.3, 0.4) is 0 Å². The molecular weight excluding hydrogens is 465 g/mol. The van der Waals surface area contributed by atoms with Crippen molar-refractivity contribution in [1.29, 1.82) is 0 Å². The van der Waals surface area contributed by atoms with Gasteiger partial charge in [-0.05, 0) is 47.5 Å². The molecule has 1 aliphatic rings. The Bertz CT molecular complexity index is 1210. The molecule has 3 aromatic carbocycles. The topological polar surface area (TPSA) is 71.0 Å². The number of likely N-dealkylation sites (tertiary alicyclic amines) is 1. The van der Waals surface area contributed by atoms with Gasteiger partial charge >= 0.3 is 0 Å². The van der Waals surface area contributed by atoms with Crippen LogP contribution in [0.1, 0.15) is 17.2 Å². The maximum Gasteiger partial charge on any atom is 0.264 e. The van der Waals surface area contributed by atoms with Gasteiger partial charge in [-0.1, -0.05) is 54.1 Å². The lowest BCUT2D eigenvalue weighted by molar-refractivity contribution is -0.0578. The monoisotopic (exact) mass is 487 g/mol. The Balaban J connectivity index is 1.43. The third-order valence-corrected chi connectivity index (χ3v) is 6.91. The van der Waals surface area contributed by atoms with Gasteiger partial charge in [0, 0.05) is 25.2 Å². The van der Waals surface area contributed by atoms with Gasteiger partial charge in [0.2, 0.25) is 5.96 Å². The van der Waals surface area contributed by atoms with Crippen molar-refractivity contribution in [3.8, 4) is 0 Å². The highest BCUT2D eigenvalue weighted by Crippen LogP contribution is 2.30. The summed E-state index contributed by atoms with van der Waals surface area (Å²) in [5.41, 5.74) is 1.80. The summed E-state index contributed by atoms with van der Waals surface area (Å²) in [6, 6.07) is 21.9. The van der Waals surface area contributed by atoms with Gasteiger partial charge in [0.05, 0.1) is 11.0 Å². The number of aliphatic imine (C=N–C) groups is 1. The minimum Gasteiger partial charge on any atom is -0.362 e. The molecule has 0 amide bonds. The minimum atomic E-state index is -3.80. The normalized spacial score (nSPS) is 15.7. The maximum absolute atomic E-state index is 13.4. The van der Waals surface area contributed by atoms with E-state index in [1.54, 1.807) is 17.0 Å². The van der Waals surface area contributed by atoms with Crippen LogP contribution >= 0.6 is 11.6 Å². The van der Waals surface area contributed by atoms with E-state index in [9.17, 15) is 12.8 Å². The Morgan fingerprint density at radius 2 is 1.64 bits per heavy atom. The highest BCUT2D eigenvalue weighted by molar-refractivity contribution is 7.90. The predicted octanol–water partition coefficient (Wildman–Crippen LogP) is 4.23. The largest absolute Gasteiger partial charge is 0.362 e. The van der Waals surface area contributed by atoms with Crippen LogP contribution in [0.25, 0.3) is 0 Å². The first-order valence-electron chi connectivity index (χ1n) is 10.3. The number of rotatable bonds is 6. The molecule has 1 unspecified atom stereocenters. The van der Waals surface area contributed by atoms with Crippen molar-refractivity contribution >= 4 is 27.6 Å². The third-order valence-electron chi connectivity index (χ3n) is 5.31. The molecule has 1 N–H and O–H groups in total. The van der Waals surface area contributed by atoms with E-state index in [0.717, 1.165) is 11.1 Å². The molecule has 6 nitrogen and oxygen atoms in total. The number of benzene rings is 3. The van der Waals surface area contributed by atoms with Gasteiger partial charge in [-0.25, -0.2) is 17.5 Å². The average molecular weight is 488 g/mol. The summed E-state index contributed by atoms with van der Waals surface area (Å²) in [5.74, 6) is -0.0694. The molecule has 0 aliphatic carbocycles. The SMILES string of the molecule is CN=C(NS(=O)(=O)c1ccc(Cl)cc1)N1CC(OC(c2ccccc2)c2ccc(F)cc2)C1. The first kappa shape index (κ1) is 23.2. The van der Waals surface area contributed by atoms with E-state index in [-0.39, 0.29) is 28.9 Å².